The zero-order valence-electron chi connectivity index (χ0n) is 10.7. The second-order valence-electron chi connectivity index (χ2n) is 4.53. The molecule has 3 N–H and O–H groups in total. The van der Waals surface area contributed by atoms with Crippen molar-refractivity contribution in [1.82, 2.24) is 0 Å². The van der Waals surface area contributed by atoms with Gasteiger partial charge in [0, 0.05) is 12.2 Å². The summed E-state index contributed by atoms with van der Waals surface area (Å²) < 4.78 is 0. The van der Waals surface area contributed by atoms with Gasteiger partial charge >= 0.3 is 0 Å². The molecule has 19 heavy (non-hydrogen) atoms. The Labute approximate surface area is 123 Å². The lowest BCUT2D eigenvalue weighted by atomic mass is 10.1. The van der Waals surface area contributed by atoms with Gasteiger partial charge in [-0.2, -0.15) is 0 Å². The number of rotatable bonds is 4. The van der Waals surface area contributed by atoms with Crippen LogP contribution in [0.25, 0.3) is 0 Å². The fourth-order valence-corrected chi connectivity index (χ4v) is 2.60. The van der Waals surface area contributed by atoms with E-state index in [1.165, 1.54) is 11.1 Å². The molecule has 0 spiro atoms. The van der Waals surface area contributed by atoms with Gasteiger partial charge in [0.05, 0.1) is 15.7 Å². The molecule has 0 aliphatic rings. The molecule has 0 aliphatic heterocycles. The topological polar surface area (TPSA) is 38.0 Å². The Hall–Kier alpha value is -1.38. The van der Waals surface area contributed by atoms with Crippen LogP contribution < -0.4 is 11.1 Å². The Bertz CT molecular complexity index is 559. The molecular weight excluding hydrogens is 279 g/mol. The smallest absolute Gasteiger partial charge is 0.0720 e. The second kappa shape index (κ2) is 6.18. The van der Waals surface area contributed by atoms with Gasteiger partial charge < -0.3 is 11.1 Å². The van der Waals surface area contributed by atoms with E-state index in [1.807, 2.05) is 0 Å². The largest absolute Gasteiger partial charge is 0.399 e. The van der Waals surface area contributed by atoms with Crippen molar-refractivity contribution < 1.29 is 0 Å². The maximum absolute atomic E-state index is 6.11. The van der Waals surface area contributed by atoms with E-state index in [-0.39, 0.29) is 0 Å². The second-order valence-corrected chi connectivity index (χ2v) is 5.34. The lowest BCUT2D eigenvalue weighted by Gasteiger charge is -2.11. The highest BCUT2D eigenvalue weighted by Gasteiger charge is 2.06. The van der Waals surface area contributed by atoms with Crippen LogP contribution in [0.1, 0.15) is 11.1 Å². The first-order valence-electron chi connectivity index (χ1n) is 6.10. The van der Waals surface area contributed by atoms with Crippen LogP contribution >= 0.6 is 23.2 Å². The molecule has 2 aromatic rings. The van der Waals surface area contributed by atoms with E-state index in [9.17, 15) is 0 Å². The number of hydrogen-bond acceptors (Lipinski definition) is 2. The van der Waals surface area contributed by atoms with E-state index < -0.39 is 0 Å². The van der Waals surface area contributed by atoms with Crippen LogP contribution in [-0.4, -0.2) is 6.54 Å². The van der Waals surface area contributed by atoms with E-state index in [1.54, 1.807) is 12.1 Å². The van der Waals surface area contributed by atoms with Crippen LogP contribution in [0, 0.1) is 6.92 Å². The van der Waals surface area contributed by atoms with E-state index in [2.05, 4.69) is 36.5 Å². The summed E-state index contributed by atoms with van der Waals surface area (Å²) in [6, 6.07) is 11.8. The third kappa shape index (κ3) is 3.79. The highest BCUT2D eigenvalue weighted by atomic mass is 35.5. The van der Waals surface area contributed by atoms with Gasteiger partial charge in [0.25, 0.3) is 0 Å². The Morgan fingerprint density at radius 2 is 1.79 bits per heavy atom. The van der Waals surface area contributed by atoms with Gasteiger partial charge in [-0.15, -0.1) is 0 Å². The van der Waals surface area contributed by atoms with Crippen LogP contribution in [-0.2, 0) is 6.42 Å². The maximum atomic E-state index is 6.11. The molecule has 0 radical (unpaired) electrons. The first-order chi connectivity index (χ1) is 9.06. The van der Waals surface area contributed by atoms with Crippen molar-refractivity contribution in [1.29, 1.82) is 0 Å². The molecule has 2 aromatic carbocycles. The van der Waals surface area contributed by atoms with Crippen molar-refractivity contribution >= 4 is 34.6 Å². The predicted octanol–water partition coefficient (Wildman–Crippen LogP) is 4.54. The van der Waals surface area contributed by atoms with E-state index in [0.717, 1.165) is 18.7 Å². The minimum absolute atomic E-state index is 0.550. The zero-order chi connectivity index (χ0) is 13.8. The number of benzene rings is 2. The van der Waals surface area contributed by atoms with Crippen molar-refractivity contribution in [3.8, 4) is 0 Å². The number of anilines is 2. The molecule has 0 atom stereocenters. The molecule has 0 amide bonds. The first-order valence-corrected chi connectivity index (χ1v) is 6.86. The van der Waals surface area contributed by atoms with Crippen LogP contribution in [0.4, 0.5) is 11.4 Å². The summed E-state index contributed by atoms with van der Waals surface area (Å²) in [6.45, 7) is 2.86. The Morgan fingerprint density at radius 1 is 1.11 bits per heavy atom. The normalized spacial score (nSPS) is 10.5. The SMILES string of the molecule is Cc1cccc(CCNc2c(Cl)cc(N)cc2Cl)c1. The zero-order valence-corrected chi connectivity index (χ0v) is 12.2. The number of nitrogens with two attached hydrogens (primary N) is 1. The summed E-state index contributed by atoms with van der Waals surface area (Å²) in [4.78, 5) is 0. The molecule has 4 heteroatoms. The molecule has 0 heterocycles. The average molecular weight is 295 g/mol. The Balaban J connectivity index is 2.00. The van der Waals surface area contributed by atoms with Crippen LogP contribution in [0.2, 0.25) is 10.0 Å². The Morgan fingerprint density at radius 3 is 2.42 bits per heavy atom. The molecule has 0 bridgehead atoms. The van der Waals surface area contributed by atoms with Gasteiger partial charge in [-0.3, -0.25) is 0 Å². The van der Waals surface area contributed by atoms with Crippen molar-refractivity contribution in [2.75, 3.05) is 17.6 Å². The molecule has 0 saturated heterocycles. The minimum Gasteiger partial charge on any atom is -0.399 e. The van der Waals surface area contributed by atoms with E-state index in [0.29, 0.717) is 15.7 Å². The quantitative estimate of drug-likeness (QED) is 0.813. The molecule has 0 saturated carbocycles. The summed E-state index contributed by atoms with van der Waals surface area (Å²) in [7, 11) is 0. The van der Waals surface area contributed by atoms with Gasteiger partial charge in [-0.25, -0.2) is 0 Å². The molecular formula is C15H16Cl2N2. The minimum atomic E-state index is 0.550. The van der Waals surface area contributed by atoms with E-state index >= 15 is 0 Å². The predicted molar refractivity (Wildman–Crippen MR) is 84.2 cm³/mol. The maximum Gasteiger partial charge on any atom is 0.0720 e. The van der Waals surface area contributed by atoms with Crippen LogP contribution in [0.5, 0.6) is 0 Å². The number of nitrogen functional groups attached to an aromatic ring is 1. The van der Waals surface area contributed by atoms with Crippen LogP contribution in [0.15, 0.2) is 36.4 Å². The third-order valence-corrected chi connectivity index (χ3v) is 3.46. The van der Waals surface area contributed by atoms with E-state index in [4.69, 9.17) is 28.9 Å². The van der Waals surface area contributed by atoms with Gasteiger partial charge in [-0.05, 0) is 31.0 Å². The lowest BCUT2D eigenvalue weighted by molar-refractivity contribution is 1.02. The van der Waals surface area contributed by atoms with Gasteiger partial charge in [0.1, 0.15) is 0 Å². The standard InChI is InChI=1S/C15H16Cl2N2/c1-10-3-2-4-11(7-10)5-6-19-15-13(16)8-12(18)9-14(15)17/h2-4,7-9,19H,5-6,18H2,1H3. The molecule has 100 valence electrons. The average Bonchev–Trinajstić information content (AvgIpc) is 2.32. The van der Waals surface area contributed by atoms with Crippen molar-refractivity contribution in [3.63, 3.8) is 0 Å². The monoisotopic (exact) mass is 294 g/mol. The summed E-state index contributed by atoms with van der Waals surface area (Å²) in [6.07, 6.45) is 0.915. The molecule has 2 rings (SSSR count). The highest BCUT2D eigenvalue weighted by Crippen LogP contribution is 2.32. The van der Waals surface area contributed by atoms with Crippen molar-refractivity contribution in [3.05, 3.63) is 57.6 Å². The Kier molecular flexibility index (Phi) is 4.56. The summed E-state index contributed by atoms with van der Waals surface area (Å²) in [5.74, 6) is 0. The third-order valence-electron chi connectivity index (χ3n) is 2.86. The highest BCUT2D eigenvalue weighted by molar-refractivity contribution is 6.39. The lowest BCUT2D eigenvalue weighted by Crippen LogP contribution is -2.06. The van der Waals surface area contributed by atoms with Gasteiger partial charge in [0.15, 0.2) is 0 Å². The number of hydrogen-bond donors (Lipinski definition) is 2. The fraction of sp³-hybridized carbons (Fsp3) is 0.200. The van der Waals surface area contributed by atoms with Gasteiger partial charge in [0.2, 0.25) is 0 Å². The number of aryl methyl sites for hydroxylation is 1. The number of halogens is 2. The first kappa shape index (κ1) is 14.0. The van der Waals surface area contributed by atoms with Crippen LogP contribution in [0.3, 0.4) is 0 Å². The van der Waals surface area contributed by atoms with Crippen molar-refractivity contribution in [2.24, 2.45) is 0 Å². The molecule has 2 nitrogen and oxygen atoms in total. The van der Waals surface area contributed by atoms with Gasteiger partial charge in [-0.1, -0.05) is 53.0 Å². The van der Waals surface area contributed by atoms with Crippen molar-refractivity contribution in [2.45, 2.75) is 13.3 Å². The summed E-state index contributed by atoms with van der Waals surface area (Å²) in [5.41, 5.74) is 9.53. The number of nitrogens with one attached hydrogen (secondary N) is 1. The molecule has 0 aromatic heterocycles. The molecule has 0 fully saturated rings. The summed E-state index contributed by atoms with van der Waals surface area (Å²) >= 11 is 12.2. The fourth-order valence-electron chi connectivity index (χ4n) is 1.96. The summed E-state index contributed by atoms with van der Waals surface area (Å²) in [5, 5.41) is 4.36. The molecule has 0 aliphatic carbocycles. The molecule has 0 unspecified atom stereocenters.